The van der Waals surface area contributed by atoms with Gasteiger partial charge in [0.05, 0.1) is 0 Å². The first-order valence-electron chi connectivity index (χ1n) is 7.97. The first-order valence-corrected chi connectivity index (χ1v) is 7.97. The first kappa shape index (κ1) is 16.2. The standard InChI is InChI=1S/C17H27FN2O/c1-4-9-19-13(2)16-12-14(18)5-8-17(16)21-11-10-20(3)15-6-7-15/h5,8,12-13,15,19H,4,6-7,9-11H2,1-3H3. The fourth-order valence-electron chi connectivity index (χ4n) is 2.46. The van der Waals surface area contributed by atoms with E-state index in [4.69, 9.17) is 4.74 Å². The molecule has 4 heteroatoms. The molecule has 3 nitrogen and oxygen atoms in total. The molecule has 1 aliphatic carbocycles. The Bertz CT molecular complexity index is 448. The number of hydrogen-bond donors (Lipinski definition) is 1. The van der Waals surface area contributed by atoms with Gasteiger partial charge in [-0.05, 0) is 58.0 Å². The van der Waals surface area contributed by atoms with Crippen LogP contribution in [0.2, 0.25) is 0 Å². The minimum absolute atomic E-state index is 0.0943. The highest BCUT2D eigenvalue weighted by Gasteiger charge is 2.25. The van der Waals surface area contributed by atoms with Crippen LogP contribution in [0.3, 0.4) is 0 Å². The van der Waals surface area contributed by atoms with E-state index in [1.54, 1.807) is 12.1 Å². The Morgan fingerprint density at radius 1 is 1.43 bits per heavy atom. The molecule has 1 saturated carbocycles. The summed E-state index contributed by atoms with van der Waals surface area (Å²) in [5.74, 6) is 0.578. The molecule has 21 heavy (non-hydrogen) atoms. The number of ether oxygens (including phenoxy) is 1. The van der Waals surface area contributed by atoms with Crippen LogP contribution in [0.4, 0.5) is 4.39 Å². The molecule has 1 aromatic rings. The van der Waals surface area contributed by atoms with Crippen LogP contribution in [-0.2, 0) is 0 Å². The fraction of sp³-hybridized carbons (Fsp3) is 0.647. The highest BCUT2D eigenvalue weighted by atomic mass is 19.1. The smallest absolute Gasteiger partial charge is 0.124 e. The Labute approximate surface area is 127 Å². The summed E-state index contributed by atoms with van der Waals surface area (Å²) in [4.78, 5) is 2.34. The highest BCUT2D eigenvalue weighted by molar-refractivity contribution is 5.36. The zero-order valence-electron chi connectivity index (χ0n) is 13.4. The molecule has 0 aliphatic heterocycles. The van der Waals surface area contributed by atoms with Crippen molar-refractivity contribution >= 4 is 0 Å². The van der Waals surface area contributed by atoms with Gasteiger partial charge in [-0.15, -0.1) is 0 Å². The Morgan fingerprint density at radius 2 is 2.19 bits per heavy atom. The van der Waals surface area contributed by atoms with E-state index >= 15 is 0 Å². The van der Waals surface area contributed by atoms with Gasteiger partial charge in [0.25, 0.3) is 0 Å². The molecule has 0 amide bonds. The van der Waals surface area contributed by atoms with E-state index in [1.165, 1.54) is 18.9 Å². The molecule has 1 atom stereocenters. The van der Waals surface area contributed by atoms with Crippen LogP contribution in [0.5, 0.6) is 5.75 Å². The zero-order chi connectivity index (χ0) is 15.2. The van der Waals surface area contributed by atoms with Crippen molar-refractivity contribution in [2.24, 2.45) is 0 Å². The van der Waals surface area contributed by atoms with Crippen LogP contribution in [0, 0.1) is 5.82 Å². The molecular weight excluding hydrogens is 267 g/mol. The summed E-state index contributed by atoms with van der Waals surface area (Å²) in [5.41, 5.74) is 0.900. The van der Waals surface area contributed by atoms with Crippen molar-refractivity contribution in [1.82, 2.24) is 10.2 Å². The molecule has 118 valence electrons. The summed E-state index contributed by atoms with van der Waals surface area (Å²) in [6, 6.07) is 5.62. The quantitative estimate of drug-likeness (QED) is 0.756. The number of likely N-dealkylation sites (N-methyl/N-ethyl adjacent to an activating group) is 1. The fourth-order valence-corrected chi connectivity index (χ4v) is 2.46. The predicted molar refractivity (Wildman–Crippen MR) is 84.3 cm³/mol. The summed E-state index contributed by atoms with van der Waals surface area (Å²) < 4.78 is 19.4. The van der Waals surface area contributed by atoms with E-state index in [0.717, 1.165) is 36.9 Å². The van der Waals surface area contributed by atoms with Crippen molar-refractivity contribution in [1.29, 1.82) is 0 Å². The normalized spacial score (nSPS) is 16.2. The number of nitrogens with zero attached hydrogens (tertiary/aromatic N) is 1. The van der Waals surface area contributed by atoms with Crippen molar-refractivity contribution in [3.63, 3.8) is 0 Å². The van der Waals surface area contributed by atoms with E-state index in [1.807, 2.05) is 6.92 Å². The van der Waals surface area contributed by atoms with Gasteiger partial charge < -0.3 is 15.0 Å². The third-order valence-corrected chi connectivity index (χ3v) is 4.01. The van der Waals surface area contributed by atoms with Crippen molar-refractivity contribution < 1.29 is 9.13 Å². The predicted octanol–water partition coefficient (Wildman–Crippen LogP) is 3.36. The Balaban J connectivity index is 1.93. The van der Waals surface area contributed by atoms with Crippen LogP contribution in [0.25, 0.3) is 0 Å². The van der Waals surface area contributed by atoms with Gasteiger partial charge >= 0.3 is 0 Å². The topological polar surface area (TPSA) is 24.5 Å². The minimum atomic E-state index is -0.211. The molecule has 1 aromatic carbocycles. The second-order valence-corrected chi connectivity index (χ2v) is 5.92. The summed E-state index contributed by atoms with van der Waals surface area (Å²) in [7, 11) is 2.14. The second-order valence-electron chi connectivity index (χ2n) is 5.92. The number of hydrogen-bond acceptors (Lipinski definition) is 3. The monoisotopic (exact) mass is 294 g/mol. The molecule has 1 N–H and O–H groups in total. The number of rotatable bonds is 9. The summed E-state index contributed by atoms with van der Waals surface area (Å²) in [6.45, 7) is 6.65. The van der Waals surface area contributed by atoms with E-state index in [2.05, 4.69) is 24.2 Å². The lowest BCUT2D eigenvalue weighted by atomic mass is 10.1. The van der Waals surface area contributed by atoms with Crippen LogP contribution < -0.4 is 10.1 Å². The van der Waals surface area contributed by atoms with Gasteiger partial charge in [-0.25, -0.2) is 4.39 Å². The molecule has 0 aromatic heterocycles. The van der Waals surface area contributed by atoms with E-state index in [-0.39, 0.29) is 11.9 Å². The lowest BCUT2D eigenvalue weighted by Crippen LogP contribution is -2.26. The average molecular weight is 294 g/mol. The zero-order valence-corrected chi connectivity index (χ0v) is 13.4. The summed E-state index contributed by atoms with van der Waals surface area (Å²) in [6.07, 6.45) is 3.66. The first-order chi connectivity index (χ1) is 10.1. The molecule has 2 rings (SSSR count). The van der Waals surface area contributed by atoms with Gasteiger partial charge in [0.1, 0.15) is 18.2 Å². The van der Waals surface area contributed by atoms with Crippen molar-refractivity contribution in [3.05, 3.63) is 29.6 Å². The number of nitrogens with one attached hydrogen (secondary N) is 1. The molecule has 0 radical (unpaired) electrons. The maximum atomic E-state index is 13.5. The molecule has 0 saturated heterocycles. The van der Waals surface area contributed by atoms with E-state index in [9.17, 15) is 4.39 Å². The van der Waals surface area contributed by atoms with Gasteiger partial charge in [-0.1, -0.05) is 6.92 Å². The Hall–Kier alpha value is -1.13. The molecule has 1 fully saturated rings. The Kier molecular flexibility index (Phi) is 6.00. The Morgan fingerprint density at radius 3 is 2.86 bits per heavy atom. The largest absolute Gasteiger partial charge is 0.492 e. The van der Waals surface area contributed by atoms with E-state index in [0.29, 0.717) is 6.61 Å². The maximum Gasteiger partial charge on any atom is 0.124 e. The van der Waals surface area contributed by atoms with Crippen molar-refractivity contribution in [3.8, 4) is 5.75 Å². The summed E-state index contributed by atoms with van der Waals surface area (Å²) in [5, 5.41) is 3.39. The molecule has 1 unspecified atom stereocenters. The molecular formula is C17H27FN2O. The summed E-state index contributed by atoms with van der Waals surface area (Å²) >= 11 is 0. The lowest BCUT2D eigenvalue weighted by Gasteiger charge is -2.20. The third-order valence-electron chi connectivity index (χ3n) is 4.01. The molecule has 0 bridgehead atoms. The van der Waals surface area contributed by atoms with Crippen molar-refractivity contribution in [2.75, 3.05) is 26.7 Å². The molecule has 0 spiro atoms. The van der Waals surface area contributed by atoms with Gasteiger partial charge in [0, 0.05) is 24.2 Å². The van der Waals surface area contributed by atoms with Crippen LogP contribution in [0.1, 0.15) is 44.7 Å². The van der Waals surface area contributed by atoms with Gasteiger partial charge in [-0.2, -0.15) is 0 Å². The maximum absolute atomic E-state index is 13.5. The number of benzene rings is 1. The van der Waals surface area contributed by atoms with Gasteiger partial charge in [0.2, 0.25) is 0 Å². The SMILES string of the molecule is CCCNC(C)c1cc(F)ccc1OCCN(C)C1CC1. The van der Waals surface area contributed by atoms with Crippen LogP contribution in [-0.4, -0.2) is 37.7 Å². The average Bonchev–Trinajstić information content (AvgIpc) is 3.30. The van der Waals surface area contributed by atoms with Crippen LogP contribution in [0.15, 0.2) is 18.2 Å². The van der Waals surface area contributed by atoms with Crippen molar-refractivity contribution in [2.45, 2.75) is 45.2 Å². The lowest BCUT2D eigenvalue weighted by molar-refractivity contribution is 0.229. The third kappa shape index (κ3) is 4.97. The number of halogens is 1. The second kappa shape index (κ2) is 7.76. The van der Waals surface area contributed by atoms with Gasteiger partial charge in [-0.3, -0.25) is 0 Å². The van der Waals surface area contributed by atoms with Gasteiger partial charge in [0.15, 0.2) is 0 Å². The minimum Gasteiger partial charge on any atom is -0.492 e. The highest BCUT2D eigenvalue weighted by Crippen LogP contribution is 2.27. The van der Waals surface area contributed by atoms with Crippen LogP contribution >= 0.6 is 0 Å². The molecule has 1 aliphatic rings. The van der Waals surface area contributed by atoms with E-state index < -0.39 is 0 Å². The molecule has 0 heterocycles.